The van der Waals surface area contributed by atoms with Crippen LogP contribution in [-0.2, 0) is 0 Å². The molecule has 0 aliphatic heterocycles. The first kappa shape index (κ1) is 8.80. The number of pyridine rings is 1. The summed E-state index contributed by atoms with van der Waals surface area (Å²) in [5, 5.41) is 0. The number of hydrogen-bond acceptors (Lipinski definition) is 1. The van der Waals surface area contributed by atoms with E-state index < -0.39 is 0 Å². The average Bonchev–Trinajstić information content (AvgIpc) is 2.05. The van der Waals surface area contributed by atoms with Gasteiger partial charge < -0.3 is 0 Å². The molecule has 0 saturated heterocycles. The van der Waals surface area contributed by atoms with Crippen LogP contribution in [0.15, 0.2) is 12.3 Å². The standard InChI is InChI=1S/C11H13N/c1-5-10-6-11(8(2)3)9(4)7-12-10/h1,6-8H,2-4H3. The number of aryl methyl sites for hydroxylation is 1. The van der Waals surface area contributed by atoms with Gasteiger partial charge in [0.05, 0.1) is 0 Å². The molecule has 0 saturated carbocycles. The minimum atomic E-state index is 0.514. The first-order valence-electron chi connectivity index (χ1n) is 4.08. The summed E-state index contributed by atoms with van der Waals surface area (Å²) in [4.78, 5) is 4.10. The lowest BCUT2D eigenvalue weighted by atomic mass is 9.99. The van der Waals surface area contributed by atoms with E-state index in [0.717, 1.165) is 5.69 Å². The van der Waals surface area contributed by atoms with Gasteiger partial charge in [-0.1, -0.05) is 19.8 Å². The van der Waals surface area contributed by atoms with Crippen molar-refractivity contribution >= 4 is 0 Å². The van der Waals surface area contributed by atoms with Gasteiger partial charge in [-0.05, 0) is 30.0 Å². The Morgan fingerprint density at radius 3 is 2.67 bits per heavy atom. The van der Waals surface area contributed by atoms with Crippen LogP contribution in [0.3, 0.4) is 0 Å². The Labute approximate surface area is 73.8 Å². The molecule has 0 radical (unpaired) electrons. The van der Waals surface area contributed by atoms with Gasteiger partial charge in [0.25, 0.3) is 0 Å². The largest absolute Gasteiger partial charge is 0.248 e. The smallest absolute Gasteiger partial charge is 0.113 e. The lowest BCUT2D eigenvalue weighted by Crippen LogP contribution is -1.95. The highest BCUT2D eigenvalue weighted by Crippen LogP contribution is 2.18. The summed E-state index contributed by atoms with van der Waals surface area (Å²) in [7, 11) is 0. The molecule has 1 nitrogen and oxygen atoms in total. The second kappa shape index (κ2) is 3.40. The molecule has 0 atom stereocenters. The third kappa shape index (κ3) is 1.65. The van der Waals surface area contributed by atoms with Gasteiger partial charge in [-0.15, -0.1) is 6.42 Å². The van der Waals surface area contributed by atoms with E-state index in [2.05, 4.69) is 31.7 Å². The third-order valence-corrected chi connectivity index (χ3v) is 1.91. The van der Waals surface area contributed by atoms with Gasteiger partial charge in [0.1, 0.15) is 5.69 Å². The van der Waals surface area contributed by atoms with Crippen LogP contribution in [0.25, 0.3) is 0 Å². The molecule has 1 heteroatoms. The zero-order chi connectivity index (χ0) is 9.14. The molecule has 0 amide bonds. The molecule has 1 aromatic heterocycles. The highest BCUT2D eigenvalue weighted by atomic mass is 14.7. The van der Waals surface area contributed by atoms with Crippen molar-refractivity contribution in [3.63, 3.8) is 0 Å². The van der Waals surface area contributed by atoms with E-state index in [-0.39, 0.29) is 0 Å². The van der Waals surface area contributed by atoms with Gasteiger partial charge in [0.2, 0.25) is 0 Å². The molecule has 0 aliphatic rings. The van der Waals surface area contributed by atoms with Crippen molar-refractivity contribution in [2.75, 3.05) is 0 Å². The first-order valence-corrected chi connectivity index (χ1v) is 4.08. The van der Waals surface area contributed by atoms with E-state index in [4.69, 9.17) is 6.42 Å². The number of nitrogens with zero attached hydrogens (tertiary/aromatic N) is 1. The van der Waals surface area contributed by atoms with Gasteiger partial charge in [0.15, 0.2) is 0 Å². The molecular formula is C11H13N. The third-order valence-electron chi connectivity index (χ3n) is 1.91. The van der Waals surface area contributed by atoms with Crippen molar-refractivity contribution < 1.29 is 0 Å². The predicted molar refractivity (Wildman–Crippen MR) is 51.0 cm³/mol. The molecule has 1 aromatic rings. The maximum Gasteiger partial charge on any atom is 0.113 e. The number of terminal acetylenes is 1. The van der Waals surface area contributed by atoms with Crippen LogP contribution in [0.4, 0.5) is 0 Å². The number of rotatable bonds is 1. The zero-order valence-corrected chi connectivity index (χ0v) is 7.76. The van der Waals surface area contributed by atoms with E-state index in [1.54, 1.807) is 0 Å². The summed E-state index contributed by atoms with van der Waals surface area (Å²) in [6.07, 6.45) is 7.09. The minimum absolute atomic E-state index is 0.514. The van der Waals surface area contributed by atoms with Gasteiger partial charge in [-0.2, -0.15) is 0 Å². The molecule has 0 bridgehead atoms. The summed E-state index contributed by atoms with van der Waals surface area (Å²) in [6, 6.07) is 1.99. The van der Waals surface area contributed by atoms with Crippen LogP contribution in [-0.4, -0.2) is 4.98 Å². The van der Waals surface area contributed by atoms with E-state index in [9.17, 15) is 0 Å². The molecule has 0 aliphatic carbocycles. The Balaban J connectivity index is 3.19. The predicted octanol–water partition coefficient (Wildman–Crippen LogP) is 2.49. The molecule has 1 rings (SSSR count). The summed E-state index contributed by atoms with van der Waals surface area (Å²) in [6.45, 7) is 6.37. The fraction of sp³-hybridized carbons (Fsp3) is 0.364. The maximum atomic E-state index is 5.26. The van der Waals surface area contributed by atoms with Crippen LogP contribution in [0.5, 0.6) is 0 Å². The second-order valence-corrected chi connectivity index (χ2v) is 3.23. The lowest BCUT2D eigenvalue weighted by molar-refractivity contribution is 0.850. The van der Waals surface area contributed by atoms with Gasteiger partial charge in [-0.3, -0.25) is 0 Å². The van der Waals surface area contributed by atoms with Crippen molar-refractivity contribution in [2.24, 2.45) is 0 Å². The number of hydrogen-bond donors (Lipinski definition) is 0. The Kier molecular flexibility index (Phi) is 2.50. The molecule has 0 N–H and O–H groups in total. The highest BCUT2D eigenvalue weighted by molar-refractivity contribution is 5.34. The Morgan fingerprint density at radius 2 is 2.17 bits per heavy atom. The van der Waals surface area contributed by atoms with Crippen LogP contribution >= 0.6 is 0 Å². The fourth-order valence-electron chi connectivity index (χ4n) is 1.24. The van der Waals surface area contributed by atoms with Crippen LogP contribution in [0.1, 0.15) is 36.6 Å². The summed E-state index contributed by atoms with van der Waals surface area (Å²) < 4.78 is 0. The van der Waals surface area contributed by atoms with Crippen molar-refractivity contribution in [1.29, 1.82) is 0 Å². The van der Waals surface area contributed by atoms with Crippen LogP contribution in [0, 0.1) is 19.3 Å². The summed E-state index contributed by atoms with van der Waals surface area (Å²) in [5.41, 5.74) is 3.23. The van der Waals surface area contributed by atoms with Gasteiger partial charge in [0, 0.05) is 6.20 Å². The first-order chi connectivity index (χ1) is 5.65. The molecule has 12 heavy (non-hydrogen) atoms. The van der Waals surface area contributed by atoms with Crippen molar-refractivity contribution in [3.05, 3.63) is 29.1 Å². The second-order valence-electron chi connectivity index (χ2n) is 3.23. The molecule has 0 fully saturated rings. The number of aromatic nitrogens is 1. The van der Waals surface area contributed by atoms with Crippen LogP contribution in [0.2, 0.25) is 0 Å². The monoisotopic (exact) mass is 159 g/mol. The highest BCUT2D eigenvalue weighted by Gasteiger charge is 2.03. The lowest BCUT2D eigenvalue weighted by Gasteiger charge is -2.08. The molecular weight excluding hydrogens is 146 g/mol. The summed E-state index contributed by atoms with van der Waals surface area (Å²) in [5.74, 6) is 3.05. The van der Waals surface area contributed by atoms with E-state index >= 15 is 0 Å². The average molecular weight is 159 g/mol. The molecule has 62 valence electrons. The maximum absolute atomic E-state index is 5.26. The van der Waals surface area contributed by atoms with Crippen molar-refractivity contribution in [1.82, 2.24) is 4.98 Å². The zero-order valence-electron chi connectivity index (χ0n) is 7.76. The Bertz CT molecular complexity index is 318. The quantitative estimate of drug-likeness (QED) is 0.574. The van der Waals surface area contributed by atoms with Gasteiger partial charge in [-0.25, -0.2) is 4.98 Å². The topological polar surface area (TPSA) is 12.9 Å². The normalized spacial score (nSPS) is 9.92. The van der Waals surface area contributed by atoms with E-state index in [1.807, 2.05) is 12.3 Å². The van der Waals surface area contributed by atoms with Crippen molar-refractivity contribution in [3.8, 4) is 12.3 Å². The molecule has 1 heterocycles. The van der Waals surface area contributed by atoms with Crippen molar-refractivity contribution in [2.45, 2.75) is 26.7 Å². The minimum Gasteiger partial charge on any atom is -0.248 e. The van der Waals surface area contributed by atoms with Crippen LogP contribution < -0.4 is 0 Å². The SMILES string of the molecule is C#Cc1cc(C(C)C)c(C)cn1. The Morgan fingerprint density at radius 1 is 1.50 bits per heavy atom. The fourth-order valence-corrected chi connectivity index (χ4v) is 1.24. The summed E-state index contributed by atoms with van der Waals surface area (Å²) >= 11 is 0. The Hall–Kier alpha value is -1.29. The van der Waals surface area contributed by atoms with E-state index in [0.29, 0.717) is 5.92 Å². The van der Waals surface area contributed by atoms with E-state index in [1.165, 1.54) is 11.1 Å². The molecule has 0 unspecified atom stereocenters. The van der Waals surface area contributed by atoms with Gasteiger partial charge >= 0.3 is 0 Å². The molecule has 0 spiro atoms. The molecule has 0 aromatic carbocycles.